The number of nitriles is 1. The van der Waals surface area contributed by atoms with Crippen molar-refractivity contribution in [1.82, 2.24) is 9.88 Å². The molecule has 5 heteroatoms. The second-order valence-electron chi connectivity index (χ2n) is 2.82. The van der Waals surface area contributed by atoms with Crippen LogP contribution in [0.3, 0.4) is 0 Å². The second kappa shape index (κ2) is 4.82. The molecule has 0 bridgehead atoms. The Kier molecular flexibility index (Phi) is 3.72. The van der Waals surface area contributed by atoms with E-state index in [1.807, 2.05) is 6.07 Å². The SMILES string of the molecule is Cn1cc(Br)cc1C(=O)NCCC#N. The van der Waals surface area contributed by atoms with Crippen molar-refractivity contribution in [1.29, 1.82) is 5.26 Å². The van der Waals surface area contributed by atoms with E-state index in [4.69, 9.17) is 5.26 Å². The van der Waals surface area contributed by atoms with Crippen LogP contribution in [0.2, 0.25) is 0 Å². The molecule has 0 fully saturated rings. The van der Waals surface area contributed by atoms with Crippen LogP contribution in [0.4, 0.5) is 0 Å². The van der Waals surface area contributed by atoms with Crippen molar-refractivity contribution in [3.05, 3.63) is 22.4 Å². The van der Waals surface area contributed by atoms with Gasteiger partial charge in [-0.3, -0.25) is 4.79 Å². The minimum absolute atomic E-state index is 0.159. The molecule has 4 nitrogen and oxygen atoms in total. The Morgan fingerprint density at radius 2 is 2.50 bits per heavy atom. The average molecular weight is 256 g/mol. The fourth-order valence-corrected chi connectivity index (χ4v) is 1.60. The largest absolute Gasteiger partial charge is 0.350 e. The van der Waals surface area contributed by atoms with E-state index in [1.54, 1.807) is 23.9 Å². The molecule has 0 aliphatic carbocycles. The number of amides is 1. The number of nitrogens with one attached hydrogen (secondary N) is 1. The zero-order valence-corrected chi connectivity index (χ0v) is 9.34. The van der Waals surface area contributed by atoms with Crippen LogP contribution in [0.5, 0.6) is 0 Å². The Balaban J connectivity index is 2.61. The van der Waals surface area contributed by atoms with Gasteiger partial charge in [0, 0.05) is 24.3 Å². The topological polar surface area (TPSA) is 57.8 Å². The number of carbonyl (C=O) groups excluding carboxylic acids is 1. The summed E-state index contributed by atoms with van der Waals surface area (Å²) in [6.07, 6.45) is 2.14. The minimum atomic E-state index is -0.159. The fraction of sp³-hybridized carbons (Fsp3) is 0.333. The molecule has 0 aliphatic heterocycles. The van der Waals surface area contributed by atoms with Gasteiger partial charge in [-0.1, -0.05) is 0 Å². The van der Waals surface area contributed by atoms with E-state index in [1.165, 1.54) is 0 Å². The van der Waals surface area contributed by atoms with Gasteiger partial charge in [-0.15, -0.1) is 0 Å². The Bertz CT molecular complexity index is 378. The van der Waals surface area contributed by atoms with Gasteiger partial charge in [0.25, 0.3) is 5.91 Å². The van der Waals surface area contributed by atoms with Crippen molar-refractivity contribution in [3.8, 4) is 6.07 Å². The molecule has 1 aromatic rings. The summed E-state index contributed by atoms with van der Waals surface area (Å²) in [5.41, 5.74) is 0.579. The van der Waals surface area contributed by atoms with Gasteiger partial charge in [0.05, 0.1) is 12.5 Å². The van der Waals surface area contributed by atoms with E-state index in [-0.39, 0.29) is 5.91 Å². The molecule has 0 unspecified atom stereocenters. The summed E-state index contributed by atoms with van der Waals surface area (Å²) in [7, 11) is 1.80. The summed E-state index contributed by atoms with van der Waals surface area (Å²) in [4.78, 5) is 11.5. The summed E-state index contributed by atoms with van der Waals surface area (Å²) in [6.45, 7) is 0.387. The maximum Gasteiger partial charge on any atom is 0.267 e. The van der Waals surface area contributed by atoms with E-state index < -0.39 is 0 Å². The maximum absolute atomic E-state index is 11.5. The van der Waals surface area contributed by atoms with E-state index in [2.05, 4.69) is 21.2 Å². The molecule has 1 rings (SSSR count). The number of carbonyl (C=O) groups is 1. The second-order valence-corrected chi connectivity index (χ2v) is 3.73. The highest BCUT2D eigenvalue weighted by Crippen LogP contribution is 2.13. The van der Waals surface area contributed by atoms with Crippen LogP contribution in [0.15, 0.2) is 16.7 Å². The van der Waals surface area contributed by atoms with E-state index >= 15 is 0 Å². The van der Waals surface area contributed by atoms with E-state index in [0.717, 1.165) is 4.47 Å². The first-order valence-electron chi connectivity index (χ1n) is 4.12. The molecule has 1 amide bonds. The van der Waals surface area contributed by atoms with Crippen molar-refractivity contribution >= 4 is 21.8 Å². The molecular weight excluding hydrogens is 246 g/mol. The lowest BCUT2D eigenvalue weighted by Crippen LogP contribution is -2.25. The molecule has 0 saturated carbocycles. The molecule has 0 saturated heterocycles. The third-order valence-corrected chi connectivity index (χ3v) is 2.16. The number of aromatic nitrogens is 1. The molecule has 0 aliphatic rings. The smallest absolute Gasteiger partial charge is 0.267 e. The van der Waals surface area contributed by atoms with Crippen LogP contribution in [0.1, 0.15) is 16.9 Å². The highest BCUT2D eigenvalue weighted by atomic mass is 79.9. The molecular formula is C9H10BrN3O. The Labute approximate surface area is 90.6 Å². The number of halogens is 1. The molecule has 74 valence electrons. The van der Waals surface area contributed by atoms with Gasteiger partial charge in [-0.25, -0.2) is 0 Å². The normalized spacial score (nSPS) is 9.50. The van der Waals surface area contributed by atoms with Crippen LogP contribution < -0.4 is 5.32 Å². The lowest BCUT2D eigenvalue weighted by atomic mass is 10.4. The number of rotatable bonds is 3. The van der Waals surface area contributed by atoms with Gasteiger partial charge in [0.2, 0.25) is 0 Å². The Hall–Kier alpha value is -1.28. The predicted molar refractivity (Wildman–Crippen MR) is 55.7 cm³/mol. The van der Waals surface area contributed by atoms with Crippen LogP contribution in [0, 0.1) is 11.3 Å². The van der Waals surface area contributed by atoms with Gasteiger partial charge < -0.3 is 9.88 Å². The first kappa shape index (κ1) is 10.8. The molecule has 0 spiro atoms. The highest BCUT2D eigenvalue weighted by molar-refractivity contribution is 9.10. The number of aryl methyl sites for hydroxylation is 1. The maximum atomic E-state index is 11.5. The number of nitrogens with zero attached hydrogens (tertiary/aromatic N) is 2. The highest BCUT2D eigenvalue weighted by Gasteiger charge is 2.09. The van der Waals surface area contributed by atoms with Crippen molar-refractivity contribution in [2.24, 2.45) is 7.05 Å². The predicted octanol–water partition coefficient (Wildman–Crippen LogP) is 1.43. The number of hydrogen-bond acceptors (Lipinski definition) is 2. The third kappa shape index (κ3) is 2.60. The third-order valence-electron chi connectivity index (χ3n) is 1.73. The van der Waals surface area contributed by atoms with Crippen molar-refractivity contribution in [2.45, 2.75) is 6.42 Å². The standard InChI is InChI=1S/C9H10BrN3O/c1-13-6-7(10)5-8(13)9(14)12-4-2-3-11/h5-6H,2,4H2,1H3,(H,12,14). The summed E-state index contributed by atoms with van der Waals surface area (Å²) >= 11 is 3.28. The Morgan fingerprint density at radius 3 is 3.00 bits per heavy atom. The minimum Gasteiger partial charge on any atom is -0.350 e. The van der Waals surface area contributed by atoms with Crippen LogP contribution in [-0.2, 0) is 7.05 Å². The quantitative estimate of drug-likeness (QED) is 0.831. The summed E-state index contributed by atoms with van der Waals surface area (Å²) in [6, 6.07) is 3.70. The molecule has 14 heavy (non-hydrogen) atoms. The van der Waals surface area contributed by atoms with Gasteiger partial charge >= 0.3 is 0 Å². The van der Waals surface area contributed by atoms with E-state index in [9.17, 15) is 4.79 Å². The first-order valence-corrected chi connectivity index (χ1v) is 4.91. The zero-order chi connectivity index (χ0) is 10.6. The fourth-order valence-electron chi connectivity index (χ4n) is 1.07. The van der Waals surface area contributed by atoms with Crippen LogP contribution >= 0.6 is 15.9 Å². The summed E-state index contributed by atoms with van der Waals surface area (Å²) < 4.78 is 2.59. The molecule has 1 N–H and O–H groups in total. The van der Waals surface area contributed by atoms with E-state index in [0.29, 0.717) is 18.7 Å². The van der Waals surface area contributed by atoms with Crippen LogP contribution in [0.25, 0.3) is 0 Å². The summed E-state index contributed by atoms with van der Waals surface area (Å²) in [5.74, 6) is -0.159. The molecule has 0 atom stereocenters. The number of hydrogen-bond donors (Lipinski definition) is 1. The van der Waals surface area contributed by atoms with Crippen molar-refractivity contribution in [2.75, 3.05) is 6.54 Å². The average Bonchev–Trinajstić information content (AvgIpc) is 2.45. The van der Waals surface area contributed by atoms with Crippen molar-refractivity contribution in [3.63, 3.8) is 0 Å². The lowest BCUT2D eigenvalue weighted by molar-refractivity contribution is 0.0946. The first-order chi connectivity index (χ1) is 6.65. The van der Waals surface area contributed by atoms with Gasteiger partial charge in [0.15, 0.2) is 0 Å². The molecule has 0 aromatic carbocycles. The van der Waals surface area contributed by atoms with Gasteiger partial charge in [-0.05, 0) is 22.0 Å². The van der Waals surface area contributed by atoms with Gasteiger partial charge in [-0.2, -0.15) is 5.26 Å². The Morgan fingerprint density at radius 1 is 1.79 bits per heavy atom. The molecule has 1 heterocycles. The monoisotopic (exact) mass is 255 g/mol. The lowest BCUT2D eigenvalue weighted by Gasteiger charge is -2.02. The molecule has 0 radical (unpaired) electrons. The van der Waals surface area contributed by atoms with Gasteiger partial charge in [0.1, 0.15) is 5.69 Å². The summed E-state index contributed by atoms with van der Waals surface area (Å²) in [5, 5.41) is 10.9. The van der Waals surface area contributed by atoms with Crippen LogP contribution in [-0.4, -0.2) is 17.0 Å². The van der Waals surface area contributed by atoms with Crippen molar-refractivity contribution < 1.29 is 4.79 Å². The zero-order valence-electron chi connectivity index (χ0n) is 7.75. The molecule has 1 aromatic heterocycles.